The van der Waals surface area contributed by atoms with Gasteiger partial charge in [0.25, 0.3) is 0 Å². The van der Waals surface area contributed by atoms with Crippen molar-refractivity contribution in [3.63, 3.8) is 0 Å². The van der Waals surface area contributed by atoms with Crippen molar-refractivity contribution < 1.29 is 43.8 Å². The molecule has 0 aliphatic heterocycles. The fourth-order valence-corrected chi connectivity index (χ4v) is 0.236. The van der Waals surface area contributed by atoms with Crippen molar-refractivity contribution in [2.75, 3.05) is 7.11 Å². The predicted octanol–water partition coefficient (Wildman–Crippen LogP) is 0.778. The van der Waals surface area contributed by atoms with Crippen LogP contribution < -0.4 is 0 Å². The molecule has 0 aliphatic carbocycles. The maximum absolute atomic E-state index is 7.50. The summed E-state index contributed by atoms with van der Waals surface area (Å²) < 4.78 is 43.3. The molecule has 0 aromatic rings. The monoisotopic (exact) mass is 278 g/mol. The van der Waals surface area contributed by atoms with Crippen LogP contribution in [0.3, 0.4) is 0 Å². The van der Waals surface area contributed by atoms with Crippen LogP contribution in [0.4, 0.5) is 0 Å². The molecule has 0 aromatic carbocycles. The molecule has 17 heavy (non-hydrogen) atoms. The third kappa shape index (κ3) is 100. The van der Waals surface area contributed by atoms with Gasteiger partial charge in [-0.3, -0.25) is 0 Å². The maximum atomic E-state index is 7.50. The third-order valence-electron chi connectivity index (χ3n) is 0.673. The number of hydrogen-bond acceptors (Lipinski definition) is 1. The van der Waals surface area contributed by atoms with Gasteiger partial charge < -0.3 is 0 Å². The Kier molecular flexibility index (Phi) is 172. The van der Waals surface area contributed by atoms with Crippen LogP contribution in [0.15, 0.2) is 0 Å². The van der Waals surface area contributed by atoms with E-state index >= 15 is 0 Å². The number of ether oxygens (including phenoxy) is 1. The molecule has 0 fully saturated rings. The molecular weight excluding hydrogens is 268 g/mol. The zero-order chi connectivity index (χ0) is 15.9. The van der Waals surface area contributed by atoms with Gasteiger partial charge in [0.1, 0.15) is 0 Å². The van der Waals surface area contributed by atoms with E-state index in [0.717, 1.165) is 4.57 Å². The standard InChI is InChI=1S/C5H10O.5CO.Cr/c1-5(2)4-6-3;5*1-2;/h5H,1-3H3;;;;;;. The van der Waals surface area contributed by atoms with Crippen molar-refractivity contribution in [3.05, 3.63) is 33.3 Å². The van der Waals surface area contributed by atoms with Crippen LogP contribution in [0.25, 0.3) is 0 Å². The first-order valence-corrected chi connectivity index (χ1v) is 3.92. The van der Waals surface area contributed by atoms with Gasteiger partial charge in [0.2, 0.25) is 0 Å². The Bertz CT molecular complexity index is 188. The van der Waals surface area contributed by atoms with Crippen LogP contribution in [-0.4, -0.2) is 11.7 Å². The van der Waals surface area contributed by atoms with Crippen LogP contribution in [0, 0.1) is 39.2 Å². The summed E-state index contributed by atoms with van der Waals surface area (Å²) in [5, 5.41) is 0. The van der Waals surface area contributed by atoms with E-state index in [-0.39, 0.29) is 0 Å². The molecule has 0 heterocycles. The van der Waals surface area contributed by atoms with Crippen LogP contribution in [0.5, 0.6) is 0 Å². The van der Waals surface area contributed by atoms with Crippen LogP contribution in [0.1, 0.15) is 13.8 Å². The van der Waals surface area contributed by atoms with E-state index in [1.165, 1.54) is 0 Å². The Morgan fingerprint density at radius 2 is 1.00 bits per heavy atom. The third-order valence-corrected chi connectivity index (χ3v) is 1.67. The average molecular weight is 278 g/mol. The Balaban J connectivity index is -0.0000000257. The fraction of sp³-hybridized carbons (Fsp3) is 0.400. The summed E-state index contributed by atoms with van der Waals surface area (Å²) in [6.07, 6.45) is 0. The van der Waals surface area contributed by atoms with Crippen LogP contribution in [0.2, 0.25) is 0 Å². The van der Waals surface area contributed by atoms with Crippen LogP contribution >= 0.6 is 0 Å². The van der Waals surface area contributed by atoms with Gasteiger partial charge in [-0.2, -0.15) is 0 Å². The molecule has 0 spiro atoms. The van der Waals surface area contributed by atoms with Gasteiger partial charge >= 0.3 is 109 Å². The minimum atomic E-state index is 0.505. The molecule has 0 N–H and O–H groups in total. The first-order chi connectivity index (χ1) is 8.18. The van der Waals surface area contributed by atoms with E-state index in [1.54, 1.807) is 7.11 Å². The van der Waals surface area contributed by atoms with Gasteiger partial charge in [-0.05, 0) is 0 Å². The summed E-state index contributed by atoms with van der Waals surface area (Å²) in [5.41, 5.74) is 0. The molecule has 6 nitrogen and oxygen atoms in total. The predicted molar refractivity (Wildman–Crippen MR) is 46.5 cm³/mol. The summed E-state index contributed by atoms with van der Waals surface area (Å²) in [7, 11) is 1.67. The summed E-state index contributed by atoms with van der Waals surface area (Å²) >= 11 is 2.82. The van der Waals surface area contributed by atoms with Gasteiger partial charge in [-0.15, -0.1) is 0 Å². The van der Waals surface area contributed by atoms with Gasteiger partial charge in [-0.1, -0.05) is 0 Å². The van der Waals surface area contributed by atoms with Crippen molar-refractivity contribution in [1.82, 2.24) is 0 Å². The zero-order valence-corrected chi connectivity index (χ0v) is 10.7. The SMILES string of the molecule is CO[C](=[Cr])C(C)C.[C-]#[O+].[C-]#[O+].[C-]#[O+].[C-]#[O+].[C-]#[O+]. The van der Waals surface area contributed by atoms with Crippen molar-refractivity contribution in [1.29, 1.82) is 0 Å². The topological polar surface area (TPSA) is 109 Å². The molecule has 92 valence electrons. The summed E-state index contributed by atoms with van der Waals surface area (Å²) in [6.45, 7) is 26.7. The van der Waals surface area contributed by atoms with Crippen LogP contribution in [-0.2, 0) is 43.8 Å². The Hall–Kier alpha value is -0.938. The van der Waals surface area contributed by atoms with Gasteiger partial charge in [0.15, 0.2) is 0 Å². The van der Waals surface area contributed by atoms with E-state index in [1.807, 2.05) is 0 Å². The first-order valence-electron chi connectivity index (χ1n) is 3.28. The van der Waals surface area contributed by atoms with E-state index in [4.69, 9.17) is 28.0 Å². The van der Waals surface area contributed by atoms with Gasteiger partial charge in [-0.25, -0.2) is 0 Å². The summed E-state index contributed by atoms with van der Waals surface area (Å²) in [6, 6.07) is 0. The molecule has 0 atom stereocenters. The number of hydrogen-bond donors (Lipinski definition) is 0. The van der Waals surface area contributed by atoms with Crippen molar-refractivity contribution in [2.24, 2.45) is 5.92 Å². The molecule has 0 bridgehead atoms. The second kappa shape index (κ2) is 81.0. The number of rotatable bonds is 2. The molecular formula is C10H10CrO6. The molecule has 0 aromatic heterocycles. The van der Waals surface area contributed by atoms with Crippen molar-refractivity contribution in [2.45, 2.75) is 13.8 Å². The second-order valence-electron chi connectivity index (χ2n) is 1.68. The Morgan fingerprint density at radius 3 is 1.00 bits per heavy atom. The summed E-state index contributed by atoms with van der Waals surface area (Å²) in [5.74, 6) is 0.505. The second-order valence-corrected chi connectivity index (χ2v) is 2.31. The molecule has 0 aliphatic rings. The quantitative estimate of drug-likeness (QED) is 0.539. The molecule has 0 amide bonds. The summed E-state index contributed by atoms with van der Waals surface area (Å²) in [4.78, 5) is 0. The fourth-order valence-electron chi connectivity index (χ4n) is 0.236. The molecule has 0 saturated carbocycles. The Morgan fingerprint density at radius 1 is 0.824 bits per heavy atom. The molecule has 0 radical (unpaired) electrons. The molecule has 7 heteroatoms. The van der Waals surface area contributed by atoms with E-state index in [2.05, 4.69) is 63.0 Å². The normalized spacial score (nSPS) is 4.59. The van der Waals surface area contributed by atoms with Gasteiger partial charge in [0, 0.05) is 0 Å². The molecule has 0 rings (SSSR count). The van der Waals surface area contributed by atoms with E-state index in [0.29, 0.717) is 5.92 Å². The van der Waals surface area contributed by atoms with E-state index in [9.17, 15) is 0 Å². The Labute approximate surface area is 109 Å². The molecule has 0 saturated heterocycles. The van der Waals surface area contributed by atoms with E-state index < -0.39 is 0 Å². The number of methoxy groups -OCH3 is 1. The first kappa shape index (κ1) is 36.0. The zero-order valence-electron chi connectivity index (χ0n) is 9.44. The molecule has 0 unspecified atom stereocenters. The minimum absolute atomic E-state index is 0.505. The van der Waals surface area contributed by atoms with Crippen molar-refractivity contribution in [3.8, 4) is 0 Å². The average Bonchev–Trinajstić information content (AvgIpc) is 2.48. The van der Waals surface area contributed by atoms with Crippen molar-refractivity contribution >= 4 is 4.57 Å². The van der Waals surface area contributed by atoms with Gasteiger partial charge in [0.05, 0.1) is 0 Å².